The minimum Gasteiger partial charge on any atom is -0.491 e. The predicted octanol–water partition coefficient (Wildman–Crippen LogP) is 7.99. The van der Waals surface area contributed by atoms with Crippen LogP contribution in [0.5, 0.6) is 5.75 Å². The van der Waals surface area contributed by atoms with E-state index in [0.29, 0.717) is 5.41 Å². The molecule has 2 heteroatoms. The largest absolute Gasteiger partial charge is 0.491 e. The van der Waals surface area contributed by atoms with Crippen molar-refractivity contribution in [3.8, 4) is 5.75 Å². The first kappa shape index (κ1) is 24.9. The van der Waals surface area contributed by atoms with E-state index in [9.17, 15) is 0 Å². The molecule has 2 nitrogen and oxygen atoms in total. The molecule has 0 saturated carbocycles. The van der Waals surface area contributed by atoms with Crippen molar-refractivity contribution >= 4 is 5.69 Å². The smallest absolute Gasteiger partial charge is 0.142 e. The van der Waals surface area contributed by atoms with Crippen LogP contribution in [-0.2, 0) is 5.41 Å². The number of unbranched alkanes of at least 4 members (excludes halogenated alkanes) is 3. The summed E-state index contributed by atoms with van der Waals surface area (Å²) in [6, 6.07) is 7.01. The Hall–Kier alpha value is -1.18. The molecular weight excluding hydrogens is 342 g/mol. The van der Waals surface area contributed by atoms with Gasteiger partial charge in [-0.05, 0) is 54.2 Å². The molecule has 0 bridgehead atoms. The van der Waals surface area contributed by atoms with Gasteiger partial charge in [-0.2, -0.15) is 0 Å². The Morgan fingerprint density at radius 2 is 1.39 bits per heavy atom. The monoisotopic (exact) mass is 389 g/mol. The normalized spacial score (nSPS) is 12.3. The molecule has 0 aromatic heterocycles. The van der Waals surface area contributed by atoms with Crippen LogP contribution in [0.1, 0.15) is 106 Å². The maximum Gasteiger partial charge on any atom is 0.142 e. The van der Waals surface area contributed by atoms with Gasteiger partial charge in [0.25, 0.3) is 0 Å². The van der Waals surface area contributed by atoms with Gasteiger partial charge in [-0.1, -0.05) is 80.7 Å². The van der Waals surface area contributed by atoms with E-state index in [4.69, 9.17) is 4.74 Å². The number of anilines is 1. The molecule has 1 rings (SSSR count). The maximum atomic E-state index is 6.34. The van der Waals surface area contributed by atoms with Crippen molar-refractivity contribution in [2.45, 2.75) is 106 Å². The van der Waals surface area contributed by atoms with Crippen LogP contribution in [0.2, 0.25) is 0 Å². The third-order valence-corrected chi connectivity index (χ3v) is 5.37. The van der Waals surface area contributed by atoms with Crippen LogP contribution in [-0.4, -0.2) is 19.7 Å². The highest BCUT2D eigenvalue weighted by atomic mass is 16.5. The quantitative estimate of drug-likeness (QED) is 0.317. The van der Waals surface area contributed by atoms with Crippen molar-refractivity contribution in [2.75, 3.05) is 24.6 Å². The molecule has 1 aromatic rings. The number of benzene rings is 1. The highest BCUT2D eigenvalue weighted by Gasteiger charge is 2.28. The summed E-state index contributed by atoms with van der Waals surface area (Å²) in [7, 11) is 0. The van der Waals surface area contributed by atoms with Gasteiger partial charge in [-0.3, -0.25) is 0 Å². The van der Waals surface area contributed by atoms with Gasteiger partial charge in [0.05, 0.1) is 12.3 Å². The summed E-state index contributed by atoms with van der Waals surface area (Å²) >= 11 is 0. The van der Waals surface area contributed by atoms with E-state index >= 15 is 0 Å². The first-order chi connectivity index (χ1) is 13.1. The van der Waals surface area contributed by atoms with Gasteiger partial charge in [-0.15, -0.1) is 0 Å². The lowest BCUT2D eigenvalue weighted by Gasteiger charge is -2.34. The minimum absolute atomic E-state index is 0.136. The molecule has 0 atom stereocenters. The lowest BCUT2D eigenvalue weighted by Crippen LogP contribution is -2.27. The highest BCUT2D eigenvalue weighted by Crippen LogP contribution is 2.40. The second kappa shape index (κ2) is 11.7. The molecule has 0 aliphatic rings. The van der Waals surface area contributed by atoms with E-state index in [1.54, 1.807) is 0 Å². The van der Waals surface area contributed by atoms with Gasteiger partial charge >= 0.3 is 0 Å². The number of ether oxygens (including phenoxy) is 1. The van der Waals surface area contributed by atoms with Crippen LogP contribution in [0.25, 0.3) is 0 Å². The summed E-state index contributed by atoms with van der Waals surface area (Å²) in [5, 5.41) is 0. The molecule has 162 valence electrons. The summed E-state index contributed by atoms with van der Waals surface area (Å²) in [5.74, 6) is 1.08. The molecule has 0 unspecified atom stereocenters. The minimum atomic E-state index is 0.136. The summed E-state index contributed by atoms with van der Waals surface area (Å²) in [5.41, 5.74) is 3.12. The van der Waals surface area contributed by atoms with Crippen LogP contribution in [0.3, 0.4) is 0 Å². The zero-order valence-corrected chi connectivity index (χ0v) is 20.2. The van der Waals surface area contributed by atoms with E-state index < -0.39 is 0 Å². The van der Waals surface area contributed by atoms with Gasteiger partial charge in [0, 0.05) is 13.1 Å². The van der Waals surface area contributed by atoms with E-state index in [1.165, 1.54) is 43.4 Å². The van der Waals surface area contributed by atoms with Crippen LogP contribution in [0, 0.1) is 5.41 Å². The van der Waals surface area contributed by atoms with E-state index in [0.717, 1.165) is 38.3 Å². The Kier molecular flexibility index (Phi) is 10.4. The highest BCUT2D eigenvalue weighted by molar-refractivity contribution is 5.60. The van der Waals surface area contributed by atoms with Gasteiger partial charge in [0.15, 0.2) is 0 Å². The van der Waals surface area contributed by atoms with Gasteiger partial charge in [-0.25, -0.2) is 0 Å². The second-order valence-electron chi connectivity index (χ2n) is 10.2. The molecule has 0 radical (unpaired) electrons. The maximum absolute atomic E-state index is 6.34. The van der Waals surface area contributed by atoms with Crippen molar-refractivity contribution in [2.24, 2.45) is 5.41 Å². The van der Waals surface area contributed by atoms with Crippen LogP contribution >= 0.6 is 0 Å². The van der Waals surface area contributed by atoms with Crippen molar-refractivity contribution in [3.63, 3.8) is 0 Å². The van der Waals surface area contributed by atoms with Gasteiger partial charge in [0.2, 0.25) is 0 Å². The number of nitrogens with zero attached hydrogens (tertiary/aromatic N) is 1. The van der Waals surface area contributed by atoms with Crippen LogP contribution in [0.4, 0.5) is 5.69 Å². The molecule has 0 spiro atoms. The number of hydrogen-bond donors (Lipinski definition) is 0. The Labute approximate surface area is 176 Å². The lowest BCUT2D eigenvalue weighted by atomic mass is 9.72. The molecule has 0 amide bonds. The fourth-order valence-corrected chi connectivity index (χ4v) is 4.12. The first-order valence-corrected chi connectivity index (χ1v) is 11.7. The van der Waals surface area contributed by atoms with Crippen molar-refractivity contribution in [1.29, 1.82) is 0 Å². The molecule has 0 N–H and O–H groups in total. The number of hydrogen-bond acceptors (Lipinski definition) is 2. The molecule has 28 heavy (non-hydrogen) atoms. The Morgan fingerprint density at radius 3 is 1.89 bits per heavy atom. The SMILES string of the molecule is CCCCOc1cc(C(C)(C)CC(C)(C)C)ccc1N(CCCC)CCCC. The van der Waals surface area contributed by atoms with Crippen molar-refractivity contribution in [3.05, 3.63) is 23.8 Å². The second-order valence-corrected chi connectivity index (χ2v) is 10.2. The summed E-state index contributed by atoms with van der Waals surface area (Å²) in [6.45, 7) is 21.5. The molecule has 0 fully saturated rings. The van der Waals surface area contributed by atoms with E-state index in [2.05, 4.69) is 78.5 Å². The van der Waals surface area contributed by atoms with E-state index in [1.807, 2.05) is 0 Å². The lowest BCUT2D eigenvalue weighted by molar-refractivity contribution is 0.281. The van der Waals surface area contributed by atoms with E-state index in [-0.39, 0.29) is 5.41 Å². The molecule has 0 heterocycles. The zero-order valence-electron chi connectivity index (χ0n) is 20.2. The Morgan fingerprint density at radius 1 is 0.821 bits per heavy atom. The third kappa shape index (κ3) is 8.45. The fourth-order valence-electron chi connectivity index (χ4n) is 4.12. The standard InChI is InChI=1S/C26H47NO/c1-9-12-17-27(18-13-10-2)23-16-15-22(20-24(23)28-19-14-11-3)26(7,8)21-25(4,5)6/h15-16,20H,9-14,17-19,21H2,1-8H3. The third-order valence-electron chi connectivity index (χ3n) is 5.37. The molecule has 0 aliphatic heterocycles. The zero-order chi connectivity index (χ0) is 21.2. The van der Waals surface area contributed by atoms with Crippen LogP contribution < -0.4 is 9.64 Å². The summed E-state index contributed by atoms with van der Waals surface area (Å²) in [6.07, 6.45) is 8.35. The van der Waals surface area contributed by atoms with Crippen molar-refractivity contribution in [1.82, 2.24) is 0 Å². The summed E-state index contributed by atoms with van der Waals surface area (Å²) < 4.78 is 6.34. The Bertz CT molecular complexity index is 548. The molecule has 1 aromatic carbocycles. The van der Waals surface area contributed by atoms with Crippen molar-refractivity contribution < 1.29 is 4.74 Å². The number of rotatable bonds is 13. The first-order valence-electron chi connectivity index (χ1n) is 11.7. The predicted molar refractivity (Wildman–Crippen MR) is 126 cm³/mol. The topological polar surface area (TPSA) is 12.5 Å². The fraction of sp³-hybridized carbons (Fsp3) is 0.769. The van der Waals surface area contributed by atoms with Crippen LogP contribution in [0.15, 0.2) is 18.2 Å². The molecule has 0 saturated heterocycles. The molecular formula is C26H47NO. The Balaban J connectivity index is 3.22. The van der Waals surface area contributed by atoms with Gasteiger partial charge < -0.3 is 9.64 Å². The van der Waals surface area contributed by atoms with Gasteiger partial charge in [0.1, 0.15) is 5.75 Å². The average molecular weight is 390 g/mol. The summed E-state index contributed by atoms with van der Waals surface area (Å²) in [4.78, 5) is 2.55. The molecule has 0 aliphatic carbocycles. The average Bonchev–Trinajstić information content (AvgIpc) is 2.60.